The summed E-state index contributed by atoms with van der Waals surface area (Å²) in [7, 11) is 0. The average molecular weight is 363 g/mol. The van der Waals surface area contributed by atoms with Crippen LogP contribution in [0.3, 0.4) is 0 Å². The van der Waals surface area contributed by atoms with E-state index in [0.29, 0.717) is 21.4 Å². The van der Waals surface area contributed by atoms with E-state index in [0.717, 1.165) is 11.1 Å². The van der Waals surface area contributed by atoms with Crippen LogP contribution in [0.2, 0.25) is 10.0 Å². The van der Waals surface area contributed by atoms with E-state index in [1.807, 2.05) is 32.0 Å². The number of hydrogen-bond acceptors (Lipinski definition) is 3. The number of hydrogen-bond donors (Lipinski definition) is 1. The van der Waals surface area contributed by atoms with Crippen molar-refractivity contribution >= 4 is 46.4 Å². The second kappa shape index (κ2) is 6.46. The summed E-state index contributed by atoms with van der Waals surface area (Å²) in [5, 5.41) is 3.90. The number of imide groups is 1. The lowest BCUT2D eigenvalue weighted by Crippen LogP contribution is -2.35. The maximum Gasteiger partial charge on any atom is 0.256 e. The maximum atomic E-state index is 12.7. The summed E-state index contributed by atoms with van der Waals surface area (Å²) in [4.78, 5) is 26.4. The standard InChI is InChI=1S/C18H16Cl2N2O2/c1-10-3-4-11(2)16(7-10)22-17(23)9-15(18(22)24)21-12-5-6-13(19)14(20)8-12/h3-8,15,21H,9H2,1-2H3. The van der Waals surface area contributed by atoms with E-state index in [4.69, 9.17) is 23.2 Å². The van der Waals surface area contributed by atoms with E-state index in [-0.39, 0.29) is 18.2 Å². The van der Waals surface area contributed by atoms with Crippen LogP contribution in [0.5, 0.6) is 0 Å². The lowest BCUT2D eigenvalue weighted by Gasteiger charge is -2.18. The topological polar surface area (TPSA) is 49.4 Å². The fourth-order valence-corrected chi connectivity index (χ4v) is 3.04. The summed E-state index contributed by atoms with van der Waals surface area (Å²) in [5.41, 5.74) is 3.18. The molecule has 0 aromatic heterocycles. The number of nitrogens with zero attached hydrogens (tertiary/aromatic N) is 1. The van der Waals surface area contributed by atoms with Crippen molar-refractivity contribution < 1.29 is 9.59 Å². The molecule has 2 aromatic carbocycles. The third-order valence-electron chi connectivity index (χ3n) is 4.01. The van der Waals surface area contributed by atoms with Crippen molar-refractivity contribution in [1.82, 2.24) is 0 Å². The first-order valence-corrected chi connectivity index (χ1v) is 8.28. The fourth-order valence-electron chi connectivity index (χ4n) is 2.75. The van der Waals surface area contributed by atoms with Crippen LogP contribution >= 0.6 is 23.2 Å². The van der Waals surface area contributed by atoms with Gasteiger partial charge in [-0.3, -0.25) is 9.59 Å². The van der Waals surface area contributed by atoms with Gasteiger partial charge in [0.2, 0.25) is 5.91 Å². The normalized spacial score (nSPS) is 17.5. The average Bonchev–Trinajstić information content (AvgIpc) is 2.80. The summed E-state index contributed by atoms with van der Waals surface area (Å²) < 4.78 is 0. The molecule has 24 heavy (non-hydrogen) atoms. The van der Waals surface area contributed by atoms with Gasteiger partial charge < -0.3 is 5.32 Å². The molecule has 3 rings (SSSR count). The highest BCUT2D eigenvalue weighted by Gasteiger charge is 2.40. The number of benzene rings is 2. The van der Waals surface area contributed by atoms with E-state index >= 15 is 0 Å². The van der Waals surface area contributed by atoms with Crippen molar-refractivity contribution in [2.45, 2.75) is 26.3 Å². The van der Waals surface area contributed by atoms with Gasteiger partial charge >= 0.3 is 0 Å². The van der Waals surface area contributed by atoms with Gasteiger partial charge in [-0.1, -0.05) is 35.3 Å². The highest BCUT2D eigenvalue weighted by molar-refractivity contribution is 6.42. The SMILES string of the molecule is Cc1ccc(C)c(N2C(=O)CC(Nc3ccc(Cl)c(Cl)c3)C2=O)c1. The van der Waals surface area contributed by atoms with Crippen LogP contribution in [0.4, 0.5) is 11.4 Å². The molecule has 6 heteroatoms. The summed E-state index contributed by atoms with van der Waals surface area (Å²) in [6, 6.07) is 10.1. The van der Waals surface area contributed by atoms with Crippen molar-refractivity contribution in [3.63, 3.8) is 0 Å². The van der Waals surface area contributed by atoms with E-state index in [1.165, 1.54) is 4.90 Å². The Labute approximate surface area is 150 Å². The molecule has 1 unspecified atom stereocenters. The Balaban J connectivity index is 1.86. The van der Waals surface area contributed by atoms with Crippen molar-refractivity contribution in [2.75, 3.05) is 10.2 Å². The van der Waals surface area contributed by atoms with Gasteiger partial charge in [-0.05, 0) is 49.2 Å². The predicted octanol–water partition coefficient (Wildman–Crippen LogP) is 4.35. The molecule has 1 atom stereocenters. The highest BCUT2D eigenvalue weighted by Crippen LogP contribution is 2.30. The van der Waals surface area contributed by atoms with Crippen LogP contribution in [0.25, 0.3) is 0 Å². The fraction of sp³-hybridized carbons (Fsp3) is 0.222. The molecular formula is C18H16Cl2N2O2. The van der Waals surface area contributed by atoms with Gasteiger partial charge in [-0.2, -0.15) is 0 Å². The van der Waals surface area contributed by atoms with E-state index < -0.39 is 6.04 Å². The molecule has 0 bridgehead atoms. The smallest absolute Gasteiger partial charge is 0.256 e. The van der Waals surface area contributed by atoms with Crippen molar-refractivity contribution in [3.05, 3.63) is 57.6 Å². The number of carbonyl (C=O) groups excluding carboxylic acids is 2. The Morgan fingerprint density at radius 2 is 1.79 bits per heavy atom. The molecule has 1 aliphatic rings. The van der Waals surface area contributed by atoms with Crippen LogP contribution in [0, 0.1) is 13.8 Å². The first-order valence-electron chi connectivity index (χ1n) is 7.52. The van der Waals surface area contributed by atoms with Gasteiger partial charge in [0.25, 0.3) is 5.91 Å². The zero-order valence-electron chi connectivity index (χ0n) is 13.3. The Bertz CT molecular complexity index is 836. The van der Waals surface area contributed by atoms with Crippen LogP contribution in [-0.2, 0) is 9.59 Å². The summed E-state index contributed by atoms with van der Waals surface area (Å²) in [6.45, 7) is 3.81. The quantitative estimate of drug-likeness (QED) is 0.825. The maximum absolute atomic E-state index is 12.7. The first-order chi connectivity index (χ1) is 11.4. The third kappa shape index (κ3) is 3.12. The van der Waals surface area contributed by atoms with Crippen LogP contribution < -0.4 is 10.2 Å². The second-order valence-corrected chi connectivity index (χ2v) is 6.70. The highest BCUT2D eigenvalue weighted by atomic mass is 35.5. The molecule has 1 N–H and O–H groups in total. The number of rotatable bonds is 3. The second-order valence-electron chi connectivity index (χ2n) is 5.89. The Morgan fingerprint density at radius 3 is 2.50 bits per heavy atom. The Hall–Kier alpha value is -2.04. The summed E-state index contributed by atoms with van der Waals surface area (Å²) in [5.74, 6) is -0.481. The van der Waals surface area contributed by atoms with Crippen LogP contribution in [0.1, 0.15) is 17.5 Å². The molecule has 1 fully saturated rings. The molecule has 0 radical (unpaired) electrons. The number of anilines is 2. The van der Waals surface area contributed by atoms with Crippen LogP contribution in [0.15, 0.2) is 36.4 Å². The Morgan fingerprint density at radius 1 is 1.04 bits per heavy atom. The molecule has 4 nitrogen and oxygen atoms in total. The monoisotopic (exact) mass is 362 g/mol. The molecule has 2 aromatic rings. The molecule has 1 saturated heterocycles. The van der Waals surface area contributed by atoms with Gasteiger partial charge in [0.05, 0.1) is 22.2 Å². The summed E-state index contributed by atoms with van der Waals surface area (Å²) >= 11 is 11.9. The predicted molar refractivity (Wildman–Crippen MR) is 96.9 cm³/mol. The molecule has 1 aliphatic heterocycles. The minimum absolute atomic E-state index is 0.104. The molecule has 2 amide bonds. The van der Waals surface area contributed by atoms with Crippen LogP contribution in [-0.4, -0.2) is 17.9 Å². The van der Waals surface area contributed by atoms with Gasteiger partial charge in [0, 0.05) is 5.69 Å². The van der Waals surface area contributed by atoms with Gasteiger partial charge in [0.1, 0.15) is 6.04 Å². The molecule has 1 heterocycles. The van der Waals surface area contributed by atoms with Gasteiger partial charge in [0.15, 0.2) is 0 Å². The molecule has 0 spiro atoms. The van der Waals surface area contributed by atoms with E-state index in [2.05, 4.69) is 5.32 Å². The molecular weight excluding hydrogens is 347 g/mol. The molecule has 0 aliphatic carbocycles. The zero-order chi connectivity index (χ0) is 17.4. The molecule has 124 valence electrons. The first kappa shape index (κ1) is 16.8. The van der Waals surface area contributed by atoms with Gasteiger partial charge in [-0.25, -0.2) is 4.90 Å². The van der Waals surface area contributed by atoms with Gasteiger partial charge in [-0.15, -0.1) is 0 Å². The number of nitrogens with one attached hydrogen (secondary N) is 1. The minimum atomic E-state index is -0.616. The lowest BCUT2D eigenvalue weighted by atomic mass is 10.1. The zero-order valence-corrected chi connectivity index (χ0v) is 14.8. The molecule has 0 saturated carbocycles. The third-order valence-corrected chi connectivity index (χ3v) is 4.75. The number of aryl methyl sites for hydroxylation is 2. The Kier molecular flexibility index (Phi) is 4.52. The number of halogens is 2. The van der Waals surface area contributed by atoms with E-state index in [9.17, 15) is 9.59 Å². The van der Waals surface area contributed by atoms with Crippen molar-refractivity contribution in [3.8, 4) is 0 Å². The number of carbonyl (C=O) groups is 2. The van der Waals surface area contributed by atoms with E-state index in [1.54, 1.807) is 18.2 Å². The lowest BCUT2D eigenvalue weighted by molar-refractivity contribution is -0.121. The van der Waals surface area contributed by atoms with Crippen molar-refractivity contribution in [1.29, 1.82) is 0 Å². The minimum Gasteiger partial charge on any atom is -0.373 e. The largest absolute Gasteiger partial charge is 0.373 e. The van der Waals surface area contributed by atoms with Crippen molar-refractivity contribution in [2.24, 2.45) is 0 Å². The summed E-state index contributed by atoms with van der Waals surface area (Å²) in [6.07, 6.45) is 0.104. The number of amides is 2.